The number of hydrogen-bond acceptors (Lipinski definition) is 3. The lowest BCUT2D eigenvalue weighted by Crippen LogP contribution is -2.40. The van der Waals surface area contributed by atoms with E-state index in [0.717, 1.165) is 4.90 Å². The zero-order valence-corrected chi connectivity index (χ0v) is 12.9. The first-order valence-corrected chi connectivity index (χ1v) is 7.90. The second-order valence-electron chi connectivity index (χ2n) is 5.45. The van der Waals surface area contributed by atoms with Crippen LogP contribution in [0.3, 0.4) is 0 Å². The summed E-state index contributed by atoms with van der Waals surface area (Å²) in [5.74, 6) is -2.00. The summed E-state index contributed by atoms with van der Waals surface area (Å²) in [7, 11) is 0. The Morgan fingerprint density at radius 1 is 1.41 bits per heavy atom. The molecule has 2 unspecified atom stereocenters. The summed E-state index contributed by atoms with van der Waals surface area (Å²) in [6.45, 7) is 1.44. The lowest BCUT2D eigenvalue weighted by molar-refractivity contribution is -0.150. The maximum Gasteiger partial charge on any atom is 0.343 e. The zero-order valence-electron chi connectivity index (χ0n) is 12.1. The van der Waals surface area contributed by atoms with Crippen LogP contribution >= 0.6 is 11.8 Å². The van der Waals surface area contributed by atoms with E-state index in [2.05, 4.69) is 0 Å². The van der Waals surface area contributed by atoms with Gasteiger partial charge in [-0.1, -0.05) is 6.92 Å². The summed E-state index contributed by atoms with van der Waals surface area (Å²) < 4.78 is 26.8. The van der Waals surface area contributed by atoms with Crippen molar-refractivity contribution < 1.29 is 23.5 Å². The number of carboxylic acids is 1. The van der Waals surface area contributed by atoms with Gasteiger partial charge in [0, 0.05) is 29.5 Å². The molecule has 0 bridgehead atoms. The number of carbonyl (C=O) groups excluding carboxylic acids is 1. The summed E-state index contributed by atoms with van der Waals surface area (Å²) in [6.07, 6.45) is -0.175. The van der Waals surface area contributed by atoms with Crippen LogP contribution in [0.15, 0.2) is 29.2 Å². The van der Waals surface area contributed by atoms with Gasteiger partial charge in [-0.15, -0.1) is 11.8 Å². The van der Waals surface area contributed by atoms with Gasteiger partial charge in [-0.3, -0.25) is 4.79 Å². The molecule has 1 aromatic carbocycles. The maximum absolute atomic E-state index is 14.0. The Morgan fingerprint density at radius 3 is 2.59 bits per heavy atom. The number of aliphatic carboxylic acids is 1. The van der Waals surface area contributed by atoms with E-state index < -0.39 is 18.2 Å². The Kier molecular flexibility index (Phi) is 5.05. The normalized spacial score (nSPS) is 22.6. The predicted molar refractivity (Wildman–Crippen MR) is 79.0 cm³/mol. The van der Waals surface area contributed by atoms with Crippen molar-refractivity contribution in [3.05, 3.63) is 30.1 Å². The first kappa shape index (κ1) is 16.7. The molecule has 1 heterocycles. The van der Waals surface area contributed by atoms with Crippen LogP contribution in [0, 0.1) is 11.7 Å². The standard InChI is InChI=1S/C15H17F2NO3S/c1-10(8-22-12-4-2-11(16)3-5-12)13(19)18-7-6-15(17,9-18)14(20)21/h2-5,10H,6-9H2,1H3,(H,20,21). The highest BCUT2D eigenvalue weighted by Crippen LogP contribution is 2.28. The fourth-order valence-electron chi connectivity index (χ4n) is 2.27. The van der Waals surface area contributed by atoms with Crippen molar-refractivity contribution in [1.29, 1.82) is 0 Å². The van der Waals surface area contributed by atoms with Gasteiger partial charge in [-0.25, -0.2) is 13.6 Å². The number of carbonyl (C=O) groups is 2. The molecule has 1 N–H and O–H groups in total. The minimum atomic E-state index is -2.33. The lowest BCUT2D eigenvalue weighted by Gasteiger charge is -2.21. The van der Waals surface area contributed by atoms with E-state index in [1.54, 1.807) is 19.1 Å². The van der Waals surface area contributed by atoms with Gasteiger partial charge in [0.1, 0.15) is 5.82 Å². The molecule has 0 aromatic heterocycles. The maximum atomic E-state index is 14.0. The summed E-state index contributed by atoms with van der Waals surface area (Å²) >= 11 is 1.41. The number of likely N-dealkylation sites (tertiary alicyclic amines) is 1. The van der Waals surface area contributed by atoms with E-state index in [4.69, 9.17) is 5.11 Å². The van der Waals surface area contributed by atoms with Gasteiger partial charge in [0.25, 0.3) is 0 Å². The molecule has 1 aromatic rings. The molecule has 1 aliphatic heterocycles. The highest BCUT2D eigenvalue weighted by atomic mass is 32.2. The average molecular weight is 329 g/mol. The summed E-state index contributed by atoms with van der Waals surface area (Å²) in [5.41, 5.74) is -2.33. The molecule has 0 radical (unpaired) electrons. The predicted octanol–water partition coefficient (Wildman–Crippen LogP) is 2.58. The molecule has 1 saturated heterocycles. The van der Waals surface area contributed by atoms with Crippen molar-refractivity contribution in [2.45, 2.75) is 23.9 Å². The molecule has 7 heteroatoms. The number of thioether (sulfide) groups is 1. The Labute approximate surface area is 131 Å². The minimum absolute atomic E-state index is 0.118. The van der Waals surface area contributed by atoms with Crippen molar-refractivity contribution in [3.63, 3.8) is 0 Å². The minimum Gasteiger partial charge on any atom is -0.479 e. The molecule has 1 aliphatic rings. The van der Waals surface area contributed by atoms with E-state index in [1.807, 2.05) is 0 Å². The third-order valence-corrected chi connectivity index (χ3v) is 4.92. The highest BCUT2D eigenvalue weighted by molar-refractivity contribution is 7.99. The topological polar surface area (TPSA) is 57.6 Å². The highest BCUT2D eigenvalue weighted by Gasteiger charge is 2.47. The van der Waals surface area contributed by atoms with Crippen LogP contribution in [0.25, 0.3) is 0 Å². The molecular formula is C15H17F2NO3S. The molecule has 0 spiro atoms. The van der Waals surface area contributed by atoms with Crippen LogP contribution in [-0.2, 0) is 9.59 Å². The van der Waals surface area contributed by atoms with Crippen LogP contribution in [0.1, 0.15) is 13.3 Å². The van der Waals surface area contributed by atoms with Gasteiger partial charge in [0.05, 0.1) is 6.54 Å². The number of carboxylic acid groups (broad SMARTS) is 1. The van der Waals surface area contributed by atoms with Gasteiger partial charge in [-0.05, 0) is 24.3 Å². The second-order valence-corrected chi connectivity index (χ2v) is 6.54. The number of benzene rings is 1. The number of hydrogen-bond donors (Lipinski definition) is 1. The second kappa shape index (κ2) is 6.64. The molecule has 120 valence electrons. The van der Waals surface area contributed by atoms with Crippen LogP contribution in [0.5, 0.6) is 0 Å². The van der Waals surface area contributed by atoms with Crippen molar-refractivity contribution >= 4 is 23.6 Å². The van der Waals surface area contributed by atoms with Crippen LogP contribution in [0.2, 0.25) is 0 Å². The molecule has 1 amide bonds. The van der Waals surface area contributed by atoms with Crippen molar-refractivity contribution in [2.75, 3.05) is 18.8 Å². The molecular weight excluding hydrogens is 312 g/mol. The average Bonchev–Trinajstić information content (AvgIpc) is 2.89. The van der Waals surface area contributed by atoms with Gasteiger partial charge in [0.15, 0.2) is 0 Å². The number of amides is 1. The van der Waals surface area contributed by atoms with Gasteiger partial charge >= 0.3 is 5.97 Å². The number of alkyl halides is 1. The Balaban J connectivity index is 1.87. The Hall–Kier alpha value is -1.63. The fourth-order valence-corrected chi connectivity index (χ4v) is 3.18. The zero-order chi connectivity index (χ0) is 16.3. The summed E-state index contributed by atoms with van der Waals surface area (Å²) in [6, 6.07) is 5.95. The third kappa shape index (κ3) is 3.76. The summed E-state index contributed by atoms with van der Waals surface area (Å²) in [5, 5.41) is 8.84. The molecule has 0 aliphatic carbocycles. The Bertz CT molecular complexity index is 566. The largest absolute Gasteiger partial charge is 0.479 e. The lowest BCUT2D eigenvalue weighted by atomic mass is 10.1. The molecule has 2 rings (SSSR count). The van der Waals surface area contributed by atoms with Gasteiger partial charge in [-0.2, -0.15) is 0 Å². The van der Waals surface area contributed by atoms with E-state index in [1.165, 1.54) is 28.8 Å². The van der Waals surface area contributed by atoms with E-state index >= 15 is 0 Å². The van der Waals surface area contributed by atoms with Crippen molar-refractivity contribution in [1.82, 2.24) is 4.90 Å². The van der Waals surface area contributed by atoms with Crippen molar-refractivity contribution in [2.24, 2.45) is 5.92 Å². The van der Waals surface area contributed by atoms with E-state index in [9.17, 15) is 18.4 Å². The molecule has 2 atom stereocenters. The monoisotopic (exact) mass is 329 g/mol. The smallest absolute Gasteiger partial charge is 0.343 e. The third-order valence-electron chi connectivity index (χ3n) is 3.65. The quantitative estimate of drug-likeness (QED) is 0.844. The van der Waals surface area contributed by atoms with Crippen LogP contribution in [0.4, 0.5) is 8.78 Å². The Morgan fingerprint density at radius 2 is 2.05 bits per heavy atom. The molecule has 4 nitrogen and oxygen atoms in total. The number of rotatable bonds is 5. The van der Waals surface area contributed by atoms with Crippen molar-refractivity contribution in [3.8, 4) is 0 Å². The van der Waals surface area contributed by atoms with Crippen LogP contribution in [-0.4, -0.2) is 46.4 Å². The van der Waals surface area contributed by atoms with E-state index in [0.29, 0.717) is 5.75 Å². The summed E-state index contributed by atoms with van der Waals surface area (Å²) in [4.78, 5) is 25.2. The number of halogens is 2. The SMILES string of the molecule is CC(CSc1ccc(F)cc1)C(=O)N1CCC(F)(C(=O)O)C1. The van der Waals surface area contributed by atoms with E-state index in [-0.39, 0.29) is 30.6 Å². The van der Waals surface area contributed by atoms with Gasteiger partial charge < -0.3 is 10.0 Å². The molecule has 1 fully saturated rings. The number of nitrogens with zero attached hydrogens (tertiary/aromatic N) is 1. The fraction of sp³-hybridized carbons (Fsp3) is 0.467. The molecule has 22 heavy (non-hydrogen) atoms. The molecule has 0 saturated carbocycles. The first-order chi connectivity index (χ1) is 10.3. The first-order valence-electron chi connectivity index (χ1n) is 6.91. The van der Waals surface area contributed by atoms with Gasteiger partial charge in [0.2, 0.25) is 11.6 Å². The van der Waals surface area contributed by atoms with Crippen LogP contribution < -0.4 is 0 Å².